The van der Waals surface area contributed by atoms with Crippen molar-refractivity contribution in [1.82, 2.24) is 4.98 Å². The summed E-state index contributed by atoms with van der Waals surface area (Å²) in [6, 6.07) is 8.31. The van der Waals surface area contributed by atoms with Crippen LogP contribution < -0.4 is 0 Å². The van der Waals surface area contributed by atoms with Crippen molar-refractivity contribution >= 4 is 16.5 Å². The molecule has 0 bridgehead atoms. The molecule has 3 rings (SSSR count). The first kappa shape index (κ1) is 18.3. The highest BCUT2D eigenvalue weighted by Gasteiger charge is 2.13. The van der Waals surface area contributed by atoms with E-state index in [1.165, 1.54) is 31.1 Å². The van der Waals surface area contributed by atoms with Gasteiger partial charge >= 0.3 is 0 Å². The Morgan fingerprint density at radius 2 is 1.71 bits per heavy atom. The second-order valence-electron chi connectivity index (χ2n) is 7.02. The van der Waals surface area contributed by atoms with Crippen LogP contribution in [-0.4, -0.2) is 4.98 Å². The van der Waals surface area contributed by atoms with Gasteiger partial charge in [0.2, 0.25) is 0 Å². The first-order chi connectivity index (χ1) is 11.6. The van der Waals surface area contributed by atoms with Crippen molar-refractivity contribution in [2.75, 3.05) is 0 Å². The van der Waals surface area contributed by atoms with Crippen molar-refractivity contribution in [3.63, 3.8) is 0 Å². The minimum Gasteiger partial charge on any atom is -0.361 e. The van der Waals surface area contributed by atoms with Gasteiger partial charge in [0.1, 0.15) is 0 Å². The molecule has 128 valence electrons. The average molecular weight is 322 g/mol. The van der Waals surface area contributed by atoms with Crippen molar-refractivity contribution in [3.05, 3.63) is 66.9 Å². The lowest BCUT2D eigenvalue weighted by molar-refractivity contribution is 0.308. The maximum atomic E-state index is 4.09. The molecule has 1 heterocycles. The predicted octanol–water partition coefficient (Wildman–Crippen LogP) is 7.15. The summed E-state index contributed by atoms with van der Waals surface area (Å²) >= 11 is 0. The van der Waals surface area contributed by atoms with E-state index in [1.807, 2.05) is 37.4 Å². The molecule has 0 saturated heterocycles. The molecule has 24 heavy (non-hydrogen) atoms. The molecule has 1 aromatic carbocycles. The number of aromatic nitrogens is 1. The lowest BCUT2D eigenvalue weighted by Gasteiger charge is -2.22. The van der Waals surface area contributed by atoms with Gasteiger partial charge in [0.25, 0.3) is 0 Å². The van der Waals surface area contributed by atoms with Gasteiger partial charge in [0, 0.05) is 11.8 Å². The number of H-pyrrole nitrogens is 1. The van der Waals surface area contributed by atoms with E-state index in [2.05, 4.69) is 49.7 Å². The Labute approximate surface area is 147 Å². The summed E-state index contributed by atoms with van der Waals surface area (Å²) in [6.45, 7) is 10.8. The predicted molar refractivity (Wildman–Crippen MR) is 108 cm³/mol. The summed E-state index contributed by atoms with van der Waals surface area (Å²) in [5.41, 5.74) is 3.33. The van der Waals surface area contributed by atoms with Crippen LogP contribution in [0.3, 0.4) is 0 Å². The molecular weight excluding hydrogens is 290 g/mol. The fourth-order valence-corrected chi connectivity index (χ4v) is 3.15. The molecule has 0 aliphatic heterocycles. The quantitative estimate of drug-likeness (QED) is 0.578. The molecule has 1 aliphatic rings. The lowest BCUT2D eigenvalue weighted by Crippen LogP contribution is -2.08. The minimum atomic E-state index is 1.02. The molecule has 1 aliphatic carbocycles. The molecule has 1 N–H and O–H groups in total. The highest BCUT2D eigenvalue weighted by atomic mass is 14.7. The van der Waals surface area contributed by atoms with E-state index >= 15 is 0 Å². The summed E-state index contributed by atoms with van der Waals surface area (Å²) in [6.07, 6.45) is 15.9. The zero-order valence-electron chi connectivity index (χ0n) is 15.4. The molecule has 0 amide bonds. The van der Waals surface area contributed by atoms with E-state index in [1.54, 1.807) is 0 Å². The Kier molecular flexibility index (Phi) is 7.11. The van der Waals surface area contributed by atoms with Gasteiger partial charge in [-0.05, 0) is 35.8 Å². The molecule has 1 saturated carbocycles. The minimum absolute atomic E-state index is 1.02. The van der Waals surface area contributed by atoms with Crippen molar-refractivity contribution in [3.8, 4) is 0 Å². The van der Waals surface area contributed by atoms with Crippen LogP contribution in [0.25, 0.3) is 16.5 Å². The van der Waals surface area contributed by atoms with Crippen molar-refractivity contribution in [1.29, 1.82) is 0 Å². The second-order valence-corrected chi connectivity index (χ2v) is 7.02. The highest BCUT2D eigenvalue weighted by Crippen LogP contribution is 2.27. The standard InChI is InChI=1S/C15H15N.C8H16/c1-3-4-5-7-12(2)14-9-6-8-13-10-11-16-15(13)14;1-7-3-5-8(2)6-4-7/h3-11,16H,2H2,1H3;7-8H,3-6H2,1-2H3/b4-3-,7-5-;. The van der Waals surface area contributed by atoms with Crippen LogP contribution in [0.4, 0.5) is 0 Å². The van der Waals surface area contributed by atoms with Crippen molar-refractivity contribution < 1.29 is 0 Å². The SMILES string of the molecule is C=C(/C=C\C=C/C)c1cccc2cc[nH]c12.CC1CCC(C)CC1. The van der Waals surface area contributed by atoms with Crippen LogP contribution in [0, 0.1) is 11.8 Å². The highest BCUT2D eigenvalue weighted by molar-refractivity contribution is 5.93. The second kappa shape index (κ2) is 9.32. The van der Waals surface area contributed by atoms with Gasteiger partial charge in [-0.1, -0.05) is 88.6 Å². The third kappa shape index (κ3) is 5.26. The van der Waals surface area contributed by atoms with Crippen LogP contribution in [-0.2, 0) is 0 Å². The maximum absolute atomic E-state index is 4.09. The monoisotopic (exact) mass is 321 g/mol. The number of fused-ring (bicyclic) bond motifs is 1. The molecule has 1 nitrogen and oxygen atoms in total. The molecule has 2 aromatic rings. The van der Waals surface area contributed by atoms with E-state index in [-0.39, 0.29) is 0 Å². The molecule has 0 spiro atoms. The first-order valence-corrected chi connectivity index (χ1v) is 9.16. The van der Waals surface area contributed by atoms with Gasteiger partial charge in [-0.2, -0.15) is 0 Å². The number of rotatable bonds is 3. The summed E-state index contributed by atoms with van der Waals surface area (Å²) in [7, 11) is 0. The van der Waals surface area contributed by atoms with Crippen molar-refractivity contribution in [2.24, 2.45) is 11.8 Å². The lowest BCUT2D eigenvalue weighted by atomic mass is 9.84. The number of hydrogen-bond donors (Lipinski definition) is 1. The Morgan fingerprint density at radius 3 is 2.33 bits per heavy atom. The molecule has 0 atom stereocenters. The van der Waals surface area contributed by atoms with Gasteiger partial charge in [0.15, 0.2) is 0 Å². The molecule has 1 fully saturated rings. The molecule has 0 radical (unpaired) electrons. The Bertz CT molecular complexity index is 684. The fourth-order valence-electron chi connectivity index (χ4n) is 3.15. The Hall–Kier alpha value is -2.02. The zero-order chi connectivity index (χ0) is 17.4. The Balaban J connectivity index is 0.000000219. The molecular formula is C23H31N. The van der Waals surface area contributed by atoms with E-state index < -0.39 is 0 Å². The molecule has 1 heteroatoms. The number of benzene rings is 1. The average Bonchev–Trinajstić information content (AvgIpc) is 3.07. The van der Waals surface area contributed by atoms with Gasteiger partial charge < -0.3 is 4.98 Å². The maximum Gasteiger partial charge on any atom is 0.0533 e. The van der Waals surface area contributed by atoms with E-state index in [0.29, 0.717) is 0 Å². The van der Waals surface area contributed by atoms with Gasteiger partial charge in [0.05, 0.1) is 5.52 Å². The molecule has 0 unspecified atom stereocenters. The summed E-state index contributed by atoms with van der Waals surface area (Å²) in [5, 5.41) is 1.22. The number of hydrogen-bond acceptors (Lipinski definition) is 0. The number of allylic oxidation sites excluding steroid dienone is 5. The zero-order valence-corrected chi connectivity index (χ0v) is 15.4. The molecule has 1 aromatic heterocycles. The van der Waals surface area contributed by atoms with Gasteiger partial charge in [-0.3, -0.25) is 0 Å². The number of para-hydroxylation sites is 1. The van der Waals surface area contributed by atoms with Crippen LogP contribution in [0.5, 0.6) is 0 Å². The van der Waals surface area contributed by atoms with Crippen LogP contribution in [0.2, 0.25) is 0 Å². The van der Waals surface area contributed by atoms with Crippen molar-refractivity contribution in [2.45, 2.75) is 46.5 Å². The largest absolute Gasteiger partial charge is 0.361 e. The normalized spacial score (nSPS) is 21.1. The topological polar surface area (TPSA) is 15.8 Å². The third-order valence-electron chi connectivity index (χ3n) is 4.84. The van der Waals surface area contributed by atoms with Gasteiger partial charge in [-0.15, -0.1) is 0 Å². The Morgan fingerprint density at radius 1 is 1.04 bits per heavy atom. The van der Waals surface area contributed by atoms with E-state index in [9.17, 15) is 0 Å². The summed E-state index contributed by atoms with van der Waals surface area (Å²) in [4.78, 5) is 3.25. The summed E-state index contributed by atoms with van der Waals surface area (Å²) in [5.74, 6) is 2.04. The fraction of sp³-hybridized carbons (Fsp3) is 0.391. The number of aromatic amines is 1. The van der Waals surface area contributed by atoms with Crippen LogP contribution in [0.1, 0.15) is 52.0 Å². The summed E-state index contributed by atoms with van der Waals surface area (Å²) < 4.78 is 0. The van der Waals surface area contributed by atoms with E-state index in [0.717, 1.165) is 28.5 Å². The van der Waals surface area contributed by atoms with Crippen LogP contribution >= 0.6 is 0 Å². The van der Waals surface area contributed by atoms with E-state index in [4.69, 9.17) is 0 Å². The van der Waals surface area contributed by atoms with Gasteiger partial charge in [-0.25, -0.2) is 0 Å². The number of nitrogens with one attached hydrogen (secondary N) is 1. The van der Waals surface area contributed by atoms with Crippen LogP contribution in [0.15, 0.2) is 61.3 Å². The first-order valence-electron chi connectivity index (χ1n) is 9.16. The third-order valence-corrected chi connectivity index (χ3v) is 4.84. The smallest absolute Gasteiger partial charge is 0.0533 e.